The summed E-state index contributed by atoms with van der Waals surface area (Å²) in [6, 6.07) is 12.3. The summed E-state index contributed by atoms with van der Waals surface area (Å²) in [4.78, 5) is 22.0. The number of benzene rings is 1. The second kappa shape index (κ2) is 7.01. The highest BCUT2D eigenvalue weighted by Gasteiger charge is 2.46. The zero-order valence-electron chi connectivity index (χ0n) is 17.0. The standard InChI is InChI=1S/C22H28N4OS/c1-15-9-10-18(28-15)19(27)26-12-11-22(14-26)20(25-21(2,3)4)24-17-8-6-5-7-16(17)13-23-22/h5-10,23H,11-14H2,1-4H3,(H,24,25)/t22-/m0/s1. The van der Waals surface area contributed by atoms with Crippen LogP contribution in [0.5, 0.6) is 0 Å². The molecule has 1 amide bonds. The number of amidine groups is 1. The van der Waals surface area contributed by atoms with Crippen molar-refractivity contribution in [1.82, 2.24) is 10.2 Å². The largest absolute Gasteiger partial charge is 0.342 e. The van der Waals surface area contributed by atoms with E-state index in [0.29, 0.717) is 6.54 Å². The topological polar surface area (TPSA) is 56.7 Å². The summed E-state index contributed by atoms with van der Waals surface area (Å²) < 4.78 is 0. The quantitative estimate of drug-likeness (QED) is 0.764. The van der Waals surface area contributed by atoms with Gasteiger partial charge in [0.25, 0.3) is 5.91 Å². The number of nitrogens with zero attached hydrogens (tertiary/aromatic N) is 2. The number of rotatable bonds is 1. The van der Waals surface area contributed by atoms with Crippen LogP contribution in [0.2, 0.25) is 0 Å². The van der Waals surface area contributed by atoms with Crippen molar-refractivity contribution in [2.24, 2.45) is 4.99 Å². The molecule has 5 nitrogen and oxygen atoms in total. The monoisotopic (exact) mass is 396 g/mol. The van der Waals surface area contributed by atoms with Crippen molar-refractivity contribution in [3.8, 4) is 0 Å². The van der Waals surface area contributed by atoms with Crippen LogP contribution in [0.25, 0.3) is 0 Å². The molecule has 1 spiro atoms. The van der Waals surface area contributed by atoms with Gasteiger partial charge in [0.2, 0.25) is 0 Å². The summed E-state index contributed by atoms with van der Waals surface area (Å²) in [7, 11) is 0. The van der Waals surface area contributed by atoms with Gasteiger partial charge < -0.3 is 10.2 Å². The number of hydrogen-bond donors (Lipinski definition) is 2. The average molecular weight is 397 g/mol. The zero-order chi connectivity index (χ0) is 19.9. The number of carbonyl (C=O) groups is 1. The lowest BCUT2D eigenvalue weighted by Crippen LogP contribution is -2.56. The molecule has 0 bridgehead atoms. The highest BCUT2D eigenvalue weighted by molar-refractivity contribution is 7.13. The van der Waals surface area contributed by atoms with Crippen LogP contribution in [-0.2, 0) is 6.54 Å². The summed E-state index contributed by atoms with van der Waals surface area (Å²) in [6.45, 7) is 10.5. The van der Waals surface area contributed by atoms with Crippen molar-refractivity contribution in [2.45, 2.75) is 51.7 Å². The van der Waals surface area contributed by atoms with Crippen LogP contribution in [0.15, 0.2) is 41.4 Å². The van der Waals surface area contributed by atoms with Crippen LogP contribution in [0.1, 0.15) is 47.3 Å². The van der Waals surface area contributed by atoms with Crippen LogP contribution in [0.4, 0.5) is 5.69 Å². The Morgan fingerprint density at radius 1 is 1.21 bits per heavy atom. The summed E-state index contributed by atoms with van der Waals surface area (Å²) in [5, 5.41) is 7.35. The Kier molecular flexibility index (Phi) is 4.79. The van der Waals surface area contributed by atoms with E-state index >= 15 is 0 Å². The van der Waals surface area contributed by atoms with Crippen LogP contribution >= 0.6 is 11.3 Å². The predicted octanol–water partition coefficient (Wildman–Crippen LogP) is 4.05. The summed E-state index contributed by atoms with van der Waals surface area (Å²) in [5.74, 6) is 1.05. The lowest BCUT2D eigenvalue weighted by molar-refractivity contribution is 0.0790. The van der Waals surface area contributed by atoms with Crippen LogP contribution in [-0.4, -0.2) is 40.8 Å². The van der Waals surface area contributed by atoms with Crippen LogP contribution in [0.3, 0.4) is 0 Å². The van der Waals surface area contributed by atoms with Crippen molar-refractivity contribution < 1.29 is 4.79 Å². The number of thiophene rings is 1. The second-order valence-electron chi connectivity index (χ2n) is 8.74. The van der Waals surface area contributed by atoms with Gasteiger partial charge in [-0.2, -0.15) is 0 Å². The fourth-order valence-corrected chi connectivity index (χ4v) is 4.72. The summed E-state index contributed by atoms with van der Waals surface area (Å²) >= 11 is 1.57. The number of aryl methyl sites for hydroxylation is 1. The minimum atomic E-state index is -0.353. The first-order valence-electron chi connectivity index (χ1n) is 9.82. The highest BCUT2D eigenvalue weighted by Crippen LogP contribution is 2.32. The Labute approximate surface area is 170 Å². The first kappa shape index (κ1) is 19.2. The van der Waals surface area contributed by atoms with E-state index in [0.717, 1.165) is 40.8 Å². The van der Waals surface area contributed by atoms with Gasteiger partial charge in [-0.25, -0.2) is 0 Å². The number of aliphatic imine (C=N–C) groups is 1. The first-order valence-corrected chi connectivity index (χ1v) is 10.6. The highest BCUT2D eigenvalue weighted by atomic mass is 32.1. The van der Waals surface area contributed by atoms with E-state index < -0.39 is 0 Å². The van der Waals surface area contributed by atoms with Gasteiger partial charge in [0.05, 0.1) is 16.0 Å². The molecular weight excluding hydrogens is 368 g/mol. The maximum absolute atomic E-state index is 13.0. The van der Waals surface area contributed by atoms with Gasteiger partial charge in [-0.1, -0.05) is 18.2 Å². The molecule has 0 radical (unpaired) electrons. The van der Waals surface area contributed by atoms with Gasteiger partial charge in [-0.15, -0.1) is 11.3 Å². The molecule has 2 aliphatic heterocycles. The van der Waals surface area contributed by atoms with Crippen LogP contribution < -0.4 is 10.6 Å². The minimum absolute atomic E-state index is 0.119. The number of likely N-dealkylation sites (tertiary alicyclic amines) is 1. The normalized spacial score (nSPS) is 23.6. The minimum Gasteiger partial charge on any atom is -0.342 e. The molecule has 1 fully saturated rings. The van der Waals surface area contributed by atoms with Gasteiger partial charge in [-0.3, -0.25) is 15.1 Å². The third-order valence-electron chi connectivity index (χ3n) is 5.30. The molecule has 2 N–H and O–H groups in total. The third kappa shape index (κ3) is 3.71. The summed E-state index contributed by atoms with van der Waals surface area (Å²) in [5.41, 5.74) is 1.75. The van der Waals surface area contributed by atoms with Crippen molar-refractivity contribution in [1.29, 1.82) is 0 Å². The summed E-state index contributed by atoms with van der Waals surface area (Å²) in [6.07, 6.45) is 0.846. The molecule has 148 valence electrons. The Hall–Kier alpha value is -2.18. The van der Waals surface area contributed by atoms with E-state index in [9.17, 15) is 4.79 Å². The van der Waals surface area contributed by atoms with Crippen molar-refractivity contribution >= 4 is 28.8 Å². The van der Waals surface area contributed by atoms with Crippen molar-refractivity contribution in [3.63, 3.8) is 0 Å². The van der Waals surface area contributed by atoms with E-state index in [1.165, 1.54) is 5.56 Å². The van der Waals surface area contributed by atoms with E-state index in [2.05, 4.69) is 49.6 Å². The maximum Gasteiger partial charge on any atom is 0.264 e. The molecule has 2 aliphatic rings. The first-order chi connectivity index (χ1) is 13.3. The maximum atomic E-state index is 13.0. The number of carbonyl (C=O) groups excluding carboxylic acids is 1. The molecule has 28 heavy (non-hydrogen) atoms. The van der Waals surface area contributed by atoms with Gasteiger partial charge >= 0.3 is 0 Å². The molecule has 1 aromatic carbocycles. The number of anilines is 1. The van der Waals surface area contributed by atoms with Gasteiger partial charge in [0.1, 0.15) is 5.84 Å². The number of nitrogens with one attached hydrogen (secondary N) is 2. The molecule has 0 aliphatic carbocycles. The fraction of sp³-hybridized carbons (Fsp3) is 0.455. The zero-order valence-corrected chi connectivity index (χ0v) is 17.8. The Morgan fingerprint density at radius 2 is 2.00 bits per heavy atom. The number of para-hydroxylation sites is 1. The van der Waals surface area contributed by atoms with Gasteiger partial charge in [-0.05, 0) is 57.9 Å². The van der Waals surface area contributed by atoms with E-state index in [1.54, 1.807) is 11.3 Å². The lowest BCUT2D eigenvalue weighted by atomic mass is 9.95. The third-order valence-corrected chi connectivity index (χ3v) is 6.28. The molecule has 0 saturated carbocycles. The SMILES string of the molecule is Cc1ccc(C(=O)N2CC[C@@]3(C2)NCc2ccccc2NC3=NC(C)(C)C)s1. The number of amides is 1. The van der Waals surface area contributed by atoms with E-state index in [-0.39, 0.29) is 17.0 Å². The molecule has 3 heterocycles. The lowest BCUT2D eigenvalue weighted by Gasteiger charge is -2.32. The molecule has 1 aromatic heterocycles. The average Bonchev–Trinajstić information content (AvgIpc) is 3.22. The smallest absolute Gasteiger partial charge is 0.264 e. The van der Waals surface area contributed by atoms with Gasteiger partial charge in [0, 0.05) is 30.2 Å². The molecule has 1 saturated heterocycles. The fourth-order valence-electron chi connectivity index (χ4n) is 3.89. The second-order valence-corrected chi connectivity index (χ2v) is 10.0. The number of fused-ring (bicyclic) bond motifs is 1. The van der Waals surface area contributed by atoms with Crippen molar-refractivity contribution in [2.75, 3.05) is 18.4 Å². The molecule has 0 unspecified atom stereocenters. The van der Waals surface area contributed by atoms with E-state index in [1.807, 2.05) is 30.0 Å². The van der Waals surface area contributed by atoms with E-state index in [4.69, 9.17) is 4.99 Å². The molecule has 1 atom stereocenters. The Morgan fingerprint density at radius 3 is 2.71 bits per heavy atom. The molecule has 4 rings (SSSR count). The Balaban J connectivity index is 1.66. The van der Waals surface area contributed by atoms with Crippen molar-refractivity contribution in [3.05, 3.63) is 51.7 Å². The number of hydrogen-bond acceptors (Lipinski definition) is 4. The molecule has 6 heteroatoms. The van der Waals surface area contributed by atoms with Gasteiger partial charge in [0.15, 0.2) is 0 Å². The molecule has 2 aromatic rings. The van der Waals surface area contributed by atoms with Crippen LogP contribution in [0, 0.1) is 6.92 Å². The Bertz CT molecular complexity index is 927. The molecular formula is C22H28N4OS. The predicted molar refractivity (Wildman–Crippen MR) is 116 cm³/mol.